The predicted molar refractivity (Wildman–Crippen MR) is 86.8 cm³/mol. The van der Waals surface area contributed by atoms with E-state index >= 15 is 0 Å². The van der Waals surface area contributed by atoms with E-state index in [0.717, 1.165) is 5.56 Å². The molecule has 0 spiro atoms. The van der Waals surface area contributed by atoms with Gasteiger partial charge in [-0.3, -0.25) is 20.1 Å². The van der Waals surface area contributed by atoms with Gasteiger partial charge in [0, 0.05) is 47.5 Å². The average Bonchev–Trinajstić information content (AvgIpc) is 2.56. The van der Waals surface area contributed by atoms with Crippen molar-refractivity contribution in [2.24, 2.45) is 0 Å². The molecule has 0 aliphatic rings. The van der Waals surface area contributed by atoms with Gasteiger partial charge < -0.3 is 5.73 Å². The summed E-state index contributed by atoms with van der Waals surface area (Å²) in [5.41, 5.74) is 7.77. The quantitative estimate of drug-likeness (QED) is 0.583. The minimum atomic E-state index is -0.572. The van der Waals surface area contributed by atoms with E-state index in [1.54, 1.807) is 36.8 Å². The third-order valence-electron chi connectivity index (χ3n) is 3.24. The second-order valence-electron chi connectivity index (χ2n) is 4.64. The molecule has 3 aromatic rings. The zero-order chi connectivity index (χ0) is 16.4. The van der Waals surface area contributed by atoms with Crippen molar-refractivity contribution >= 4 is 23.1 Å². The van der Waals surface area contributed by atoms with E-state index in [2.05, 4.69) is 15.0 Å². The molecule has 0 amide bonds. The Morgan fingerprint density at radius 1 is 1.09 bits per heavy atom. The lowest BCUT2D eigenvalue weighted by atomic mass is 10.00. The van der Waals surface area contributed by atoms with Crippen LogP contribution in [0.1, 0.15) is 0 Å². The summed E-state index contributed by atoms with van der Waals surface area (Å²) >= 11 is 6.19. The maximum absolute atomic E-state index is 11.2. The zero-order valence-electron chi connectivity index (χ0n) is 11.7. The van der Waals surface area contributed by atoms with Gasteiger partial charge >= 0.3 is 5.69 Å². The van der Waals surface area contributed by atoms with E-state index in [1.807, 2.05) is 0 Å². The van der Waals surface area contributed by atoms with Crippen molar-refractivity contribution in [2.45, 2.75) is 0 Å². The summed E-state index contributed by atoms with van der Waals surface area (Å²) in [5, 5.41) is 11.5. The monoisotopic (exact) mass is 327 g/mol. The lowest BCUT2D eigenvalue weighted by Crippen LogP contribution is -2.02. The Bertz CT molecular complexity index is 886. The minimum absolute atomic E-state index is 0.157. The molecule has 8 heteroatoms. The van der Waals surface area contributed by atoms with Gasteiger partial charge in [-0.05, 0) is 18.2 Å². The molecule has 114 valence electrons. The molecule has 0 aliphatic heterocycles. The van der Waals surface area contributed by atoms with E-state index in [0.29, 0.717) is 21.8 Å². The molecule has 0 unspecified atom stereocenters. The topological polar surface area (TPSA) is 108 Å². The van der Waals surface area contributed by atoms with Crippen LogP contribution < -0.4 is 5.73 Å². The first-order chi connectivity index (χ1) is 11.1. The zero-order valence-corrected chi connectivity index (χ0v) is 12.4. The summed E-state index contributed by atoms with van der Waals surface area (Å²) in [6, 6.07) is 6.53. The summed E-state index contributed by atoms with van der Waals surface area (Å²) in [6.45, 7) is 0. The second-order valence-corrected chi connectivity index (χ2v) is 5.04. The van der Waals surface area contributed by atoms with Gasteiger partial charge in [0.2, 0.25) is 5.82 Å². The molecular formula is C15H10ClN5O2. The molecule has 0 saturated carbocycles. The molecule has 3 aromatic heterocycles. The van der Waals surface area contributed by atoms with Gasteiger partial charge in [-0.15, -0.1) is 0 Å². The molecule has 3 rings (SSSR count). The highest BCUT2D eigenvalue weighted by molar-refractivity contribution is 6.33. The van der Waals surface area contributed by atoms with Crippen molar-refractivity contribution in [1.29, 1.82) is 0 Å². The highest BCUT2D eigenvalue weighted by Gasteiger charge is 2.21. The van der Waals surface area contributed by atoms with E-state index < -0.39 is 4.92 Å². The summed E-state index contributed by atoms with van der Waals surface area (Å²) < 4.78 is 0. The summed E-state index contributed by atoms with van der Waals surface area (Å²) in [4.78, 5) is 22.7. The van der Waals surface area contributed by atoms with Crippen LogP contribution in [-0.2, 0) is 0 Å². The number of hydrogen-bond donors (Lipinski definition) is 1. The van der Waals surface area contributed by atoms with Crippen LogP contribution in [0.5, 0.6) is 0 Å². The molecule has 3 heterocycles. The number of nitro groups is 1. The third-order valence-corrected chi connectivity index (χ3v) is 3.55. The first kappa shape index (κ1) is 14.9. The van der Waals surface area contributed by atoms with E-state index in [9.17, 15) is 10.1 Å². The van der Waals surface area contributed by atoms with Gasteiger partial charge in [0.15, 0.2) is 0 Å². The number of aromatic nitrogens is 3. The van der Waals surface area contributed by atoms with Crippen LogP contribution >= 0.6 is 11.6 Å². The fraction of sp³-hybridized carbons (Fsp3) is 0. The molecule has 7 nitrogen and oxygen atoms in total. The first-order valence-corrected chi connectivity index (χ1v) is 6.91. The SMILES string of the molecule is Nc1nc(-c2ccncc2)c(-c2ccncc2Cl)cc1[N+](=O)[O-]. The summed E-state index contributed by atoms with van der Waals surface area (Å²) in [6.07, 6.45) is 6.23. The highest BCUT2D eigenvalue weighted by atomic mass is 35.5. The smallest absolute Gasteiger partial charge is 0.311 e. The van der Waals surface area contributed by atoms with Gasteiger partial charge in [0.25, 0.3) is 0 Å². The number of anilines is 1. The largest absolute Gasteiger partial charge is 0.378 e. The predicted octanol–water partition coefficient (Wildman–Crippen LogP) is 3.35. The standard InChI is InChI=1S/C15H10ClN5O2/c16-12-8-19-6-3-10(12)11-7-13(21(22)23)15(17)20-14(11)9-1-4-18-5-2-9/h1-8H,(H2,17,20). The van der Waals surface area contributed by atoms with Crippen LogP contribution in [0, 0.1) is 10.1 Å². The lowest BCUT2D eigenvalue weighted by molar-refractivity contribution is -0.384. The molecule has 0 aliphatic carbocycles. The fourth-order valence-corrected chi connectivity index (χ4v) is 2.41. The van der Waals surface area contributed by atoms with E-state index in [4.69, 9.17) is 17.3 Å². The number of hydrogen-bond acceptors (Lipinski definition) is 6. The van der Waals surface area contributed by atoms with Gasteiger partial charge in [0.05, 0.1) is 15.6 Å². The minimum Gasteiger partial charge on any atom is -0.378 e. The van der Waals surface area contributed by atoms with Crippen LogP contribution in [0.2, 0.25) is 5.02 Å². The van der Waals surface area contributed by atoms with Crippen molar-refractivity contribution in [1.82, 2.24) is 15.0 Å². The number of rotatable bonds is 3. The molecule has 0 fully saturated rings. The molecule has 0 bridgehead atoms. The fourth-order valence-electron chi connectivity index (χ4n) is 2.19. The van der Waals surface area contributed by atoms with Crippen LogP contribution in [0.4, 0.5) is 11.5 Å². The van der Waals surface area contributed by atoms with Crippen LogP contribution in [0.15, 0.2) is 49.1 Å². The maximum atomic E-state index is 11.2. The molecule has 0 radical (unpaired) electrons. The molecule has 0 atom stereocenters. The van der Waals surface area contributed by atoms with Crippen LogP contribution in [0.3, 0.4) is 0 Å². The van der Waals surface area contributed by atoms with Crippen molar-refractivity contribution in [2.75, 3.05) is 5.73 Å². The average molecular weight is 328 g/mol. The summed E-state index contributed by atoms with van der Waals surface area (Å²) in [5.74, 6) is -0.157. The Morgan fingerprint density at radius 2 is 1.78 bits per heavy atom. The Kier molecular flexibility index (Phi) is 3.86. The van der Waals surface area contributed by atoms with E-state index in [1.165, 1.54) is 12.3 Å². The van der Waals surface area contributed by atoms with Gasteiger partial charge in [-0.1, -0.05) is 11.6 Å². The van der Waals surface area contributed by atoms with Crippen molar-refractivity contribution < 1.29 is 4.92 Å². The van der Waals surface area contributed by atoms with Gasteiger partial charge in [-0.25, -0.2) is 4.98 Å². The van der Waals surface area contributed by atoms with Gasteiger partial charge in [-0.2, -0.15) is 0 Å². The lowest BCUT2D eigenvalue weighted by Gasteiger charge is -2.11. The summed E-state index contributed by atoms with van der Waals surface area (Å²) in [7, 11) is 0. The Morgan fingerprint density at radius 3 is 2.43 bits per heavy atom. The molecule has 0 aromatic carbocycles. The highest BCUT2D eigenvalue weighted by Crippen LogP contribution is 2.38. The van der Waals surface area contributed by atoms with Crippen molar-refractivity contribution in [3.8, 4) is 22.4 Å². The maximum Gasteiger partial charge on any atom is 0.311 e. The number of nitrogen functional groups attached to an aromatic ring is 1. The molecule has 0 saturated heterocycles. The van der Waals surface area contributed by atoms with Crippen molar-refractivity contribution in [3.63, 3.8) is 0 Å². The normalized spacial score (nSPS) is 10.5. The molecule has 23 heavy (non-hydrogen) atoms. The Labute approximate surface area is 136 Å². The first-order valence-electron chi connectivity index (χ1n) is 6.53. The second kappa shape index (κ2) is 5.98. The van der Waals surface area contributed by atoms with Crippen molar-refractivity contribution in [3.05, 3.63) is 64.2 Å². The Hall–Kier alpha value is -3.06. The van der Waals surface area contributed by atoms with E-state index in [-0.39, 0.29) is 11.5 Å². The van der Waals surface area contributed by atoms with Crippen LogP contribution in [-0.4, -0.2) is 19.9 Å². The third kappa shape index (κ3) is 2.82. The molecule has 2 N–H and O–H groups in total. The van der Waals surface area contributed by atoms with Gasteiger partial charge in [0.1, 0.15) is 0 Å². The number of nitrogens with zero attached hydrogens (tertiary/aromatic N) is 4. The molecular weight excluding hydrogens is 318 g/mol. The van der Waals surface area contributed by atoms with Crippen LogP contribution in [0.25, 0.3) is 22.4 Å². The number of pyridine rings is 3. The number of nitrogens with two attached hydrogens (primary N) is 1. The number of halogens is 1. The Balaban J connectivity index is 2.33.